The standard InChI is InChI=1S/C19H17FN4O2S/c20-13-3-5-14(6-4-13)24-17(15-2-1-11-27-15)21-16(22-24)18(25)23-9-10-26-19(12-23)7-8-19/h1-6,11H,7-10,12H2. The van der Waals surface area contributed by atoms with Gasteiger partial charge in [-0.25, -0.2) is 14.1 Å². The molecule has 1 spiro atoms. The molecular formula is C19H17FN4O2S. The molecule has 0 bridgehead atoms. The summed E-state index contributed by atoms with van der Waals surface area (Å²) < 4.78 is 20.7. The number of halogens is 1. The number of rotatable bonds is 3. The molecule has 0 radical (unpaired) electrons. The van der Waals surface area contributed by atoms with E-state index >= 15 is 0 Å². The van der Waals surface area contributed by atoms with Crippen LogP contribution in [0, 0.1) is 5.82 Å². The number of hydrogen-bond acceptors (Lipinski definition) is 5. The van der Waals surface area contributed by atoms with Gasteiger partial charge in [0.1, 0.15) is 5.82 Å². The smallest absolute Gasteiger partial charge is 0.293 e. The average molecular weight is 384 g/mol. The minimum atomic E-state index is -0.323. The van der Waals surface area contributed by atoms with Crippen LogP contribution >= 0.6 is 11.3 Å². The number of amides is 1. The van der Waals surface area contributed by atoms with Gasteiger partial charge in [0.2, 0.25) is 5.82 Å². The van der Waals surface area contributed by atoms with E-state index in [1.54, 1.807) is 21.7 Å². The first-order valence-electron chi connectivity index (χ1n) is 8.84. The minimum Gasteiger partial charge on any atom is -0.371 e. The highest BCUT2D eigenvalue weighted by molar-refractivity contribution is 7.13. The molecule has 2 aliphatic rings. The van der Waals surface area contributed by atoms with Crippen LogP contribution < -0.4 is 0 Å². The van der Waals surface area contributed by atoms with E-state index in [2.05, 4.69) is 10.1 Å². The van der Waals surface area contributed by atoms with Gasteiger partial charge < -0.3 is 9.64 Å². The molecule has 1 aliphatic heterocycles. The van der Waals surface area contributed by atoms with Crippen LogP contribution in [0.1, 0.15) is 23.5 Å². The second-order valence-corrected chi connectivity index (χ2v) is 7.83. The summed E-state index contributed by atoms with van der Waals surface area (Å²) in [6.07, 6.45) is 1.99. The van der Waals surface area contributed by atoms with E-state index < -0.39 is 0 Å². The number of hydrogen-bond donors (Lipinski definition) is 0. The van der Waals surface area contributed by atoms with Gasteiger partial charge in [-0.05, 0) is 48.6 Å². The lowest BCUT2D eigenvalue weighted by Crippen LogP contribution is -2.47. The molecule has 3 aromatic rings. The summed E-state index contributed by atoms with van der Waals surface area (Å²) in [5.74, 6) is 0.217. The zero-order valence-corrected chi connectivity index (χ0v) is 15.3. The van der Waals surface area contributed by atoms with Gasteiger partial charge in [-0.3, -0.25) is 4.79 Å². The molecule has 0 N–H and O–H groups in total. The molecule has 3 heterocycles. The Hall–Kier alpha value is -2.58. The fourth-order valence-corrected chi connectivity index (χ4v) is 4.03. The SMILES string of the molecule is O=C(c1nc(-c2cccs2)n(-c2ccc(F)cc2)n1)N1CCOC2(CC2)C1. The van der Waals surface area contributed by atoms with E-state index in [1.807, 2.05) is 17.5 Å². The molecule has 0 atom stereocenters. The molecule has 5 rings (SSSR count). The number of carbonyl (C=O) groups excluding carboxylic acids is 1. The van der Waals surface area contributed by atoms with Crippen molar-refractivity contribution in [1.82, 2.24) is 19.7 Å². The number of thiophene rings is 1. The summed E-state index contributed by atoms with van der Waals surface area (Å²) >= 11 is 1.52. The molecule has 1 amide bonds. The zero-order chi connectivity index (χ0) is 18.4. The Balaban J connectivity index is 1.52. The summed E-state index contributed by atoms with van der Waals surface area (Å²) in [5.41, 5.74) is 0.510. The third-order valence-corrected chi connectivity index (χ3v) is 5.82. The maximum absolute atomic E-state index is 13.3. The van der Waals surface area contributed by atoms with E-state index in [4.69, 9.17) is 4.74 Å². The third-order valence-electron chi connectivity index (χ3n) is 4.95. The van der Waals surface area contributed by atoms with Crippen molar-refractivity contribution < 1.29 is 13.9 Å². The molecule has 2 fully saturated rings. The summed E-state index contributed by atoms with van der Waals surface area (Å²) in [4.78, 5) is 20.2. The number of nitrogens with zero attached hydrogens (tertiary/aromatic N) is 4. The van der Waals surface area contributed by atoms with E-state index in [0.717, 1.165) is 17.7 Å². The highest BCUT2D eigenvalue weighted by atomic mass is 32.1. The Morgan fingerprint density at radius 2 is 2.04 bits per heavy atom. The van der Waals surface area contributed by atoms with E-state index in [0.29, 0.717) is 31.2 Å². The summed E-state index contributed by atoms with van der Waals surface area (Å²) in [6, 6.07) is 9.85. The van der Waals surface area contributed by atoms with Crippen molar-refractivity contribution >= 4 is 17.2 Å². The Morgan fingerprint density at radius 1 is 1.22 bits per heavy atom. The van der Waals surface area contributed by atoms with Crippen LogP contribution in [0.25, 0.3) is 16.4 Å². The fourth-order valence-electron chi connectivity index (χ4n) is 3.33. The quantitative estimate of drug-likeness (QED) is 0.696. The van der Waals surface area contributed by atoms with Gasteiger partial charge in [0.15, 0.2) is 5.82 Å². The maximum Gasteiger partial charge on any atom is 0.293 e. The number of morpholine rings is 1. The molecule has 27 heavy (non-hydrogen) atoms. The second kappa shape index (κ2) is 6.24. The maximum atomic E-state index is 13.3. The molecule has 138 valence electrons. The Bertz CT molecular complexity index is 980. The van der Waals surface area contributed by atoms with E-state index in [-0.39, 0.29) is 23.1 Å². The lowest BCUT2D eigenvalue weighted by molar-refractivity contribution is -0.0379. The van der Waals surface area contributed by atoms with Crippen molar-refractivity contribution in [3.63, 3.8) is 0 Å². The topological polar surface area (TPSA) is 60.2 Å². The van der Waals surface area contributed by atoms with Gasteiger partial charge >= 0.3 is 0 Å². The highest BCUT2D eigenvalue weighted by Crippen LogP contribution is 2.42. The van der Waals surface area contributed by atoms with Crippen LogP contribution in [0.5, 0.6) is 0 Å². The number of carbonyl (C=O) groups is 1. The van der Waals surface area contributed by atoms with Gasteiger partial charge in [0.05, 0.1) is 29.3 Å². The minimum absolute atomic E-state index is 0.149. The molecule has 8 heteroatoms. The highest BCUT2D eigenvalue weighted by Gasteiger charge is 2.48. The van der Waals surface area contributed by atoms with Gasteiger partial charge in [-0.15, -0.1) is 16.4 Å². The number of ether oxygens (including phenoxy) is 1. The number of benzene rings is 1. The molecular weight excluding hydrogens is 367 g/mol. The summed E-state index contributed by atoms with van der Waals surface area (Å²) in [6.45, 7) is 1.67. The van der Waals surface area contributed by atoms with Crippen LogP contribution in [0.3, 0.4) is 0 Å². The fraction of sp³-hybridized carbons (Fsp3) is 0.316. The van der Waals surface area contributed by atoms with Crippen molar-refractivity contribution in [2.24, 2.45) is 0 Å². The Kier molecular flexibility index (Phi) is 3.84. The van der Waals surface area contributed by atoms with Crippen LogP contribution in [0.2, 0.25) is 0 Å². The Labute approximate surface area is 159 Å². The molecule has 2 aromatic heterocycles. The first kappa shape index (κ1) is 16.6. The summed E-state index contributed by atoms with van der Waals surface area (Å²) in [5, 5.41) is 6.41. The van der Waals surface area contributed by atoms with Crippen molar-refractivity contribution in [1.29, 1.82) is 0 Å². The van der Waals surface area contributed by atoms with Gasteiger partial charge in [-0.2, -0.15) is 0 Å². The molecule has 1 aliphatic carbocycles. The van der Waals surface area contributed by atoms with Crippen molar-refractivity contribution in [2.45, 2.75) is 18.4 Å². The first-order chi connectivity index (χ1) is 13.1. The van der Waals surface area contributed by atoms with E-state index in [9.17, 15) is 9.18 Å². The van der Waals surface area contributed by atoms with Gasteiger partial charge in [0.25, 0.3) is 5.91 Å². The van der Waals surface area contributed by atoms with Crippen LogP contribution in [-0.2, 0) is 4.74 Å². The molecule has 0 unspecified atom stereocenters. The van der Waals surface area contributed by atoms with Crippen LogP contribution in [0.4, 0.5) is 4.39 Å². The van der Waals surface area contributed by atoms with Crippen LogP contribution in [-0.4, -0.2) is 50.9 Å². The van der Waals surface area contributed by atoms with Gasteiger partial charge in [-0.1, -0.05) is 6.07 Å². The molecule has 6 nitrogen and oxygen atoms in total. The average Bonchev–Trinajstić information content (AvgIpc) is 3.11. The van der Waals surface area contributed by atoms with Gasteiger partial charge in [0, 0.05) is 6.54 Å². The van der Waals surface area contributed by atoms with E-state index in [1.165, 1.54) is 23.5 Å². The third kappa shape index (κ3) is 3.04. The monoisotopic (exact) mass is 384 g/mol. The first-order valence-corrected chi connectivity index (χ1v) is 9.72. The van der Waals surface area contributed by atoms with Crippen LogP contribution in [0.15, 0.2) is 41.8 Å². The number of aromatic nitrogens is 3. The largest absolute Gasteiger partial charge is 0.371 e. The molecule has 1 saturated heterocycles. The van der Waals surface area contributed by atoms with Crippen molar-refractivity contribution in [3.8, 4) is 16.4 Å². The molecule has 1 saturated carbocycles. The van der Waals surface area contributed by atoms with Crippen molar-refractivity contribution in [3.05, 3.63) is 53.4 Å². The lowest BCUT2D eigenvalue weighted by Gasteiger charge is -2.32. The summed E-state index contributed by atoms with van der Waals surface area (Å²) in [7, 11) is 0. The van der Waals surface area contributed by atoms with Crippen molar-refractivity contribution in [2.75, 3.05) is 19.7 Å². The predicted octanol–water partition coefficient (Wildman–Crippen LogP) is 3.14. The lowest BCUT2D eigenvalue weighted by atomic mass is 10.2. The normalized spacial score (nSPS) is 18.0. The zero-order valence-electron chi connectivity index (χ0n) is 14.5. The second-order valence-electron chi connectivity index (χ2n) is 6.88. The molecule has 1 aromatic carbocycles. The predicted molar refractivity (Wildman–Crippen MR) is 98.5 cm³/mol. The Morgan fingerprint density at radius 3 is 2.74 bits per heavy atom.